The summed E-state index contributed by atoms with van der Waals surface area (Å²) in [7, 11) is 0. The molecule has 5 heteroatoms. The molecule has 1 aromatic rings. The average molecular weight is 302 g/mol. The first-order chi connectivity index (χ1) is 8.08. The van der Waals surface area contributed by atoms with Crippen LogP contribution < -0.4 is 0 Å². The van der Waals surface area contributed by atoms with E-state index in [1.165, 1.54) is 17.0 Å². The number of rotatable bonds is 5. The molecular weight excluding hydrogens is 289 g/mol. The van der Waals surface area contributed by atoms with Crippen molar-refractivity contribution in [3.63, 3.8) is 0 Å². The number of aliphatic hydroxyl groups excluding tert-OH is 1. The van der Waals surface area contributed by atoms with Gasteiger partial charge in [0.25, 0.3) is 5.91 Å². The number of hydrogen-bond acceptors (Lipinski definition) is 2. The van der Waals surface area contributed by atoms with Crippen molar-refractivity contribution in [3.8, 4) is 0 Å². The molecule has 0 aliphatic carbocycles. The fraction of sp³-hybridized carbons (Fsp3) is 0.250. The van der Waals surface area contributed by atoms with Gasteiger partial charge in [-0.15, -0.1) is 6.58 Å². The molecule has 1 amide bonds. The SMILES string of the molecule is C=CCN(CCO)C(=O)c1cc(F)cc(Br)c1. The van der Waals surface area contributed by atoms with Gasteiger partial charge >= 0.3 is 0 Å². The van der Waals surface area contributed by atoms with Crippen molar-refractivity contribution >= 4 is 21.8 Å². The molecule has 0 heterocycles. The maximum Gasteiger partial charge on any atom is 0.254 e. The first kappa shape index (κ1) is 13.9. The Morgan fingerprint density at radius 3 is 2.76 bits per heavy atom. The number of halogens is 2. The Labute approximate surface area is 108 Å². The molecule has 3 nitrogen and oxygen atoms in total. The zero-order valence-corrected chi connectivity index (χ0v) is 10.8. The third-order valence-electron chi connectivity index (χ3n) is 2.12. The Kier molecular flexibility index (Phi) is 5.31. The number of aliphatic hydroxyl groups is 1. The quantitative estimate of drug-likeness (QED) is 0.847. The van der Waals surface area contributed by atoms with E-state index in [0.717, 1.165) is 0 Å². The highest BCUT2D eigenvalue weighted by atomic mass is 79.9. The first-order valence-electron chi connectivity index (χ1n) is 5.05. The summed E-state index contributed by atoms with van der Waals surface area (Å²) in [6.07, 6.45) is 1.56. The molecule has 1 rings (SSSR count). The van der Waals surface area contributed by atoms with E-state index in [0.29, 0.717) is 11.0 Å². The predicted octanol–water partition coefficient (Wildman–Crippen LogP) is 2.21. The van der Waals surface area contributed by atoms with Gasteiger partial charge in [-0.05, 0) is 18.2 Å². The fourth-order valence-corrected chi connectivity index (χ4v) is 1.88. The van der Waals surface area contributed by atoms with Gasteiger partial charge in [0.1, 0.15) is 5.82 Å². The Balaban J connectivity index is 2.95. The molecule has 1 aromatic carbocycles. The molecule has 0 aromatic heterocycles. The minimum atomic E-state index is -0.481. The largest absolute Gasteiger partial charge is 0.395 e. The lowest BCUT2D eigenvalue weighted by Gasteiger charge is -2.20. The normalized spacial score (nSPS) is 10.1. The van der Waals surface area contributed by atoms with Crippen LogP contribution in [0.25, 0.3) is 0 Å². The molecule has 0 saturated carbocycles. The van der Waals surface area contributed by atoms with Gasteiger partial charge in [-0.25, -0.2) is 4.39 Å². The van der Waals surface area contributed by atoms with Crippen LogP contribution in [0, 0.1) is 5.82 Å². The second-order valence-corrected chi connectivity index (χ2v) is 4.34. The van der Waals surface area contributed by atoms with Gasteiger partial charge < -0.3 is 10.0 Å². The molecule has 0 spiro atoms. The van der Waals surface area contributed by atoms with Crippen molar-refractivity contribution in [2.75, 3.05) is 19.7 Å². The lowest BCUT2D eigenvalue weighted by Crippen LogP contribution is -2.33. The summed E-state index contributed by atoms with van der Waals surface area (Å²) in [5, 5.41) is 8.86. The first-order valence-corrected chi connectivity index (χ1v) is 5.85. The van der Waals surface area contributed by atoms with Gasteiger partial charge in [-0.1, -0.05) is 22.0 Å². The Bertz CT molecular complexity index is 403. The molecule has 0 saturated heterocycles. The van der Waals surface area contributed by atoms with Gasteiger partial charge in [0.15, 0.2) is 0 Å². The van der Waals surface area contributed by atoms with E-state index in [9.17, 15) is 9.18 Å². The summed E-state index contributed by atoms with van der Waals surface area (Å²) < 4.78 is 13.7. The van der Waals surface area contributed by atoms with Crippen LogP contribution in [0.2, 0.25) is 0 Å². The molecule has 0 radical (unpaired) electrons. The lowest BCUT2D eigenvalue weighted by molar-refractivity contribution is 0.0742. The highest BCUT2D eigenvalue weighted by Gasteiger charge is 2.15. The molecule has 0 fully saturated rings. The van der Waals surface area contributed by atoms with E-state index < -0.39 is 5.82 Å². The van der Waals surface area contributed by atoms with Gasteiger partial charge in [0.05, 0.1) is 6.61 Å². The zero-order chi connectivity index (χ0) is 12.8. The second kappa shape index (κ2) is 6.51. The molecule has 1 N–H and O–H groups in total. The summed E-state index contributed by atoms with van der Waals surface area (Å²) in [6, 6.07) is 3.99. The van der Waals surface area contributed by atoms with Crippen LogP contribution in [0.4, 0.5) is 4.39 Å². The third-order valence-corrected chi connectivity index (χ3v) is 2.57. The second-order valence-electron chi connectivity index (χ2n) is 3.42. The monoisotopic (exact) mass is 301 g/mol. The fourth-order valence-electron chi connectivity index (χ4n) is 1.41. The zero-order valence-electron chi connectivity index (χ0n) is 9.20. The standard InChI is InChI=1S/C12H13BrFNO2/c1-2-3-15(4-5-16)12(17)9-6-10(13)8-11(14)7-9/h2,6-8,16H,1,3-5H2. The van der Waals surface area contributed by atoms with Gasteiger partial charge in [-0.3, -0.25) is 4.79 Å². The molecule has 0 unspecified atom stereocenters. The van der Waals surface area contributed by atoms with Crippen LogP contribution in [-0.4, -0.2) is 35.6 Å². The van der Waals surface area contributed by atoms with Crippen molar-refractivity contribution in [3.05, 3.63) is 46.7 Å². The third kappa shape index (κ3) is 3.94. The maximum absolute atomic E-state index is 13.2. The number of hydrogen-bond donors (Lipinski definition) is 1. The van der Waals surface area contributed by atoms with Crippen LogP contribution in [0.15, 0.2) is 35.3 Å². The Morgan fingerprint density at radius 2 is 2.24 bits per heavy atom. The van der Waals surface area contributed by atoms with Crippen molar-refractivity contribution in [2.24, 2.45) is 0 Å². The molecule has 92 valence electrons. The summed E-state index contributed by atoms with van der Waals surface area (Å²) in [4.78, 5) is 13.4. The van der Waals surface area contributed by atoms with E-state index in [4.69, 9.17) is 5.11 Å². The van der Waals surface area contributed by atoms with Crippen LogP contribution in [-0.2, 0) is 0 Å². The van der Waals surface area contributed by atoms with Gasteiger partial charge in [0, 0.05) is 23.1 Å². The van der Waals surface area contributed by atoms with Gasteiger partial charge in [-0.2, -0.15) is 0 Å². The van der Waals surface area contributed by atoms with E-state index in [-0.39, 0.29) is 24.6 Å². The Hall–Kier alpha value is -1.20. The molecular formula is C12H13BrFNO2. The van der Waals surface area contributed by atoms with E-state index in [2.05, 4.69) is 22.5 Å². The summed E-state index contributed by atoms with van der Waals surface area (Å²) >= 11 is 3.13. The highest BCUT2D eigenvalue weighted by Crippen LogP contribution is 2.16. The van der Waals surface area contributed by atoms with Crippen LogP contribution in [0.3, 0.4) is 0 Å². The van der Waals surface area contributed by atoms with E-state index in [1.54, 1.807) is 12.1 Å². The Morgan fingerprint density at radius 1 is 1.53 bits per heavy atom. The van der Waals surface area contributed by atoms with Crippen molar-refractivity contribution in [2.45, 2.75) is 0 Å². The highest BCUT2D eigenvalue weighted by molar-refractivity contribution is 9.10. The summed E-state index contributed by atoms with van der Waals surface area (Å²) in [6.45, 7) is 3.90. The maximum atomic E-state index is 13.2. The number of carbonyl (C=O) groups is 1. The van der Waals surface area contributed by atoms with Gasteiger partial charge in [0.2, 0.25) is 0 Å². The smallest absolute Gasteiger partial charge is 0.254 e. The lowest BCUT2D eigenvalue weighted by atomic mass is 10.2. The van der Waals surface area contributed by atoms with Crippen LogP contribution >= 0.6 is 15.9 Å². The minimum Gasteiger partial charge on any atom is -0.395 e. The number of carbonyl (C=O) groups excluding carboxylic acids is 1. The van der Waals surface area contributed by atoms with Crippen molar-refractivity contribution < 1.29 is 14.3 Å². The number of benzene rings is 1. The van der Waals surface area contributed by atoms with Crippen LogP contribution in [0.1, 0.15) is 10.4 Å². The van der Waals surface area contributed by atoms with Crippen molar-refractivity contribution in [1.82, 2.24) is 4.90 Å². The van der Waals surface area contributed by atoms with E-state index >= 15 is 0 Å². The number of nitrogens with zero attached hydrogens (tertiary/aromatic N) is 1. The molecule has 0 aliphatic rings. The average Bonchev–Trinajstić information content (AvgIpc) is 2.26. The van der Waals surface area contributed by atoms with Crippen molar-refractivity contribution in [1.29, 1.82) is 0 Å². The minimum absolute atomic E-state index is 0.143. The molecule has 0 atom stereocenters. The summed E-state index contributed by atoms with van der Waals surface area (Å²) in [5.41, 5.74) is 0.243. The molecule has 0 aliphatic heterocycles. The molecule has 17 heavy (non-hydrogen) atoms. The predicted molar refractivity (Wildman–Crippen MR) is 67.3 cm³/mol. The summed E-state index contributed by atoms with van der Waals surface area (Å²) in [5.74, 6) is -0.815. The van der Waals surface area contributed by atoms with Crippen LogP contribution in [0.5, 0.6) is 0 Å². The topological polar surface area (TPSA) is 40.5 Å². The number of amides is 1. The molecule has 0 bridgehead atoms. The van der Waals surface area contributed by atoms with E-state index in [1.807, 2.05) is 0 Å².